The molecule has 0 aliphatic carbocycles. The summed E-state index contributed by atoms with van der Waals surface area (Å²) in [5, 5.41) is 8.45. The van der Waals surface area contributed by atoms with Crippen molar-refractivity contribution in [2.75, 3.05) is 5.75 Å². The lowest BCUT2D eigenvalue weighted by Crippen LogP contribution is -2.37. The molecule has 72 valence electrons. The van der Waals surface area contributed by atoms with Crippen molar-refractivity contribution in [3.8, 4) is 0 Å². The Morgan fingerprint density at radius 2 is 2.17 bits per heavy atom. The van der Waals surface area contributed by atoms with Crippen LogP contribution in [0.2, 0.25) is 0 Å². The molecular formula is C7H15NO3S. The van der Waals surface area contributed by atoms with Crippen molar-refractivity contribution in [3.63, 3.8) is 0 Å². The van der Waals surface area contributed by atoms with E-state index in [9.17, 15) is 9.00 Å². The van der Waals surface area contributed by atoms with Gasteiger partial charge in [-0.3, -0.25) is 9.00 Å². The molecule has 3 N–H and O–H groups in total. The minimum atomic E-state index is -1.12. The van der Waals surface area contributed by atoms with Crippen LogP contribution in [-0.2, 0) is 15.6 Å². The Morgan fingerprint density at radius 1 is 1.67 bits per heavy atom. The molecule has 0 aromatic rings. The largest absolute Gasteiger partial charge is 0.480 e. The molecule has 4 nitrogen and oxygen atoms in total. The van der Waals surface area contributed by atoms with Gasteiger partial charge in [-0.05, 0) is 6.42 Å². The Labute approximate surface area is 74.6 Å². The van der Waals surface area contributed by atoms with Gasteiger partial charge >= 0.3 is 5.97 Å². The van der Waals surface area contributed by atoms with E-state index in [-0.39, 0.29) is 11.0 Å². The van der Waals surface area contributed by atoms with Gasteiger partial charge in [0, 0.05) is 21.8 Å². The number of carboxylic acids is 1. The van der Waals surface area contributed by atoms with Crippen molar-refractivity contribution < 1.29 is 14.1 Å². The van der Waals surface area contributed by atoms with Crippen LogP contribution in [0.1, 0.15) is 20.3 Å². The molecular weight excluding hydrogens is 178 g/mol. The molecule has 12 heavy (non-hydrogen) atoms. The Balaban J connectivity index is 3.92. The van der Waals surface area contributed by atoms with Gasteiger partial charge in [-0.1, -0.05) is 13.8 Å². The molecule has 3 unspecified atom stereocenters. The van der Waals surface area contributed by atoms with E-state index in [0.717, 1.165) is 6.42 Å². The first-order chi connectivity index (χ1) is 5.49. The summed E-state index contributed by atoms with van der Waals surface area (Å²) in [6.45, 7) is 3.74. The smallest absolute Gasteiger partial charge is 0.321 e. The second kappa shape index (κ2) is 5.27. The highest BCUT2D eigenvalue weighted by molar-refractivity contribution is 7.85. The first kappa shape index (κ1) is 11.6. The Bertz CT molecular complexity index is 183. The summed E-state index contributed by atoms with van der Waals surface area (Å²) >= 11 is 0. The molecule has 0 aliphatic heterocycles. The van der Waals surface area contributed by atoms with Crippen LogP contribution in [0.3, 0.4) is 0 Å². The van der Waals surface area contributed by atoms with Crippen molar-refractivity contribution in [3.05, 3.63) is 0 Å². The zero-order chi connectivity index (χ0) is 9.72. The average molecular weight is 193 g/mol. The van der Waals surface area contributed by atoms with Gasteiger partial charge in [0.1, 0.15) is 6.04 Å². The predicted molar refractivity (Wildman–Crippen MR) is 48.4 cm³/mol. The van der Waals surface area contributed by atoms with Gasteiger partial charge in [0.2, 0.25) is 0 Å². The summed E-state index contributed by atoms with van der Waals surface area (Å²) in [6.07, 6.45) is 0.777. The Morgan fingerprint density at radius 3 is 2.50 bits per heavy atom. The van der Waals surface area contributed by atoms with Gasteiger partial charge in [-0.2, -0.15) is 0 Å². The lowest BCUT2D eigenvalue weighted by molar-refractivity contribution is -0.137. The van der Waals surface area contributed by atoms with E-state index >= 15 is 0 Å². The zero-order valence-electron chi connectivity index (χ0n) is 7.32. The highest BCUT2D eigenvalue weighted by Gasteiger charge is 2.18. The average Bonchev–Trinajstić information content (AvgIpc) is 2.02. The molecule has 0 spiro atoms. The summed E-state index contributed by atoms with van der Waals surface area (Å²) in [6, 6.07) is -1.00. The quantitative estimate of drug-likeness (QED) is 0.641. The number of carbonyl (C=O) groups is 1. The highest BCUT2D eigenvalue weighted by atomic mass is 32.2. The molecule has 0 rings (SSSR count). The second-order valence-corrected chi connectivity index (χ2v) is 4.61. The summed E-state index contributed by atoms with van der Waals surface area (Å²) in [7, 11) is -1.12. The molecule has 3 atom stereocenters. The topological polar surface area (TPSA) is 80.4 Å². The zero-order valence-corrected chi connectivity index (χ0v) is 8.13. The summed E-state index contributed by atoms with van der Waals surface area (Å²) in [5.74, 6) is -1.05. The van der Waals surface area contributed by atoms with Gasteiger partial charge < -0.3 is 10.8 Å². The number of carboxylic acid groups (broad SMARTS) is 1. The van der Waals surface area contributed by atoms with E-state index in [1.165, 1.54) is 0 Å². The number of nitrogens with two attached hydrogens (primary N) is 1. The monoisotopic (exact) mass is 193 g/mol. The summed E-state index contributed by atoms with van der Waals surface area (Å²) in [5.41, 5.74) is 5.22. The second-order valence-electron chi connectivity index (χ2n) is 2.71. The van der Waals surface area contributed by atoms with Gasteiger partial charge in [0.25, 0.3) is 0 Å². The molecule has 0 saturated heterocycles. The Hall–Kier alpha value is -0.420. The molecule has 0 amide bonds. The van der Waals surface area contributed by atoms with Crippen LogP contribution in [0.15, 0.2) is 0 Å². The van der Waals surface area contributed by atoms with Crippen LogP contribution in [0.25, 0.3) is 0 Å². The van der Waals surface area contributed by atoms with Crippen molar-refractivity contribution >= 4 is 16.8 Å². The molecule has 0 saturated carbocycles. The van der Waals surface area contributed by atoms with Crippen molar-refractivity contribution in [1.82, 2.24) is 0 Å². The minimum Gasteiger partial charge on any atom is -0.480 e. The maximum Gasteiger partial charge on any atom is 0.321 e. The van der Waals surface area contributed by atoms with Crippen LogP contribution in [0.5, 0.6) is 0 Å². The van der Waals surface area contributed by atoms with E-state index < -0.39 is 22.8 Å². The number of aliphatic carboxylic acids is 1. The molecule has 5 heteroatoms. The van der Waals surface area contributed by atoms with Crippen LogP contribution in [0, 0.1) is 0 Å². The first-order valence-corrected chi connectivity index (χ1v) is 5.22. The van der Waals surface area contributed by atoms with E-state index in [1.807, 2.05) is 13.8 Å². The molecule has 0 aliphatic rings. The number of hydrogen-bond acceptors (Lipinski definition) is 3. The predicted octanol–water partition coefficient (Wildman–Crippen LogP) is -0.0545. The van der Waals surface area contributed by atoms with Gasteiger partial charge in [-0.15, -0.1) is 0 Å². The van der Waals surface area contributed by atoms with Crippen molar-refractivity contribution in [2.45, 2.75) is 31.6 Å². The van der Waals surface area contributed by atoms with Gasteiger partial charge in [0.05, 0.1) is 0 Å². The van der Waals surface area contributed by atoms with Gasteiger partial charge in [-0.25, -0.2) is 0 Å². The van der Waals surface area contributed by atoms with Crippen molar-refractivity contribution in [1.29, 1.82) is 0 Å². The van der Waals surface area contributed by atoms with E-state index in [4.69, 9.17) is 10.8 Å². The third kappa shape index (κ3) is 3.82. The fourth-order valence-corrected chi connectivity index (χ4v) is 1.80. The third-order valence-electron chi connectivity index (χ3n) is 1.68. The van der Waals surface area contributed by atoms with Crippen LogP contribution in [-0.4, -0.2) is 32.3 Å². The molecule has 0 fully saturated rings. The highest BCUT2D eigenvalue weighted by Crippen LogP contribution is 2.01. The fourth-order valence-electron chi connectivity index (χ4n) is 0.598. The molecule has 0 radical (unpaired) electrons. The Kier molecular flexibility index (Phi) is 5.08. The van der Waals surface area contributed by atoms with E-state index in [0.29, 0.717) is 0 Å². The lowest BCUT2D eigenvalue weighted by atomic mass is 10.4. The molecule has 0 aromatic heterocycles. The number of hydrogen-bond donors (Lipinski definition) is 2. The number of rotatable bonds is 5. The van der Waals surface area contributed by atoms with Crippen LogP contribution < -0.4 is 5.73 Å². The fraction of sp³-hybridized carbons (Fsp3) is 0.857. The maximum atomic E-state index is 11.3. The summed E-state index contributed by atoms with van der Waals surface area (Å²) < 4.78 is 11.3. The maximum absolute atomic E-state index is 11.3. The lowest BCUT2D eigenvalue weighted by Gasteiger charge is -2.10. The normalized spacial score (nSPS) is 18.2. The third-order valence-corrected chi connectivity index (χ3v) is 3.60. The summed E-state index contributed by atoms with van der Waals surface area (Å²) in [4.78, 5) is 10.3. The van der Waals surface area contributed by atoms with E-state index in [2.05, 4.69) is 0 Å². The first-order valence-electron chi connectivity index (χ1n) is 3.84. The molecule has 0 bridgehead atoms. The van der Waals surface area contributed by atoms with Crippen LogP contribution in [0.4, 0.5) is 0 Å². The SMILES string of the molecule is CCC(C)S(=O)CC(N)C(=O)O. The minimum absolute atomic E-state index is 0.0235. The van der Waals surface area contributed by atoms with Crippen molar-refractivity contribution in [2.24, 2.45) is 5.73 Å². The van der Waals surface area contributed by atoms with Crippen LogP contribution >= 0.6 is 0 Å². The molecule has 0 heterocycles. The molecule has 0 aromatic carbocycles. The standard InChI is InChI=1S/C7H15NO3S/c1-3-5(2)12(11)4-6(8)7(9)10/h5-6H,3-4,8H2,1-2H3,(H,9,10). The van der Waals surface area contributed by atoms with E-state index in [1.54, 1.807) is 0 Å². The van der Waals surface area contributed by atoms with Gasteiger partial charge in [0.15, 0.2) is 0 Å².